The number of halogens is 2. The van der Waals surface area contributed by atoms with Crippen LogP contribution in [0.4, 0.5) is 8.78 Å². The smallest absolute Gasteiger partial charge is 0.344 e. The molecule has 0 amide bonds. The quantitative estimate of drug-likeness (QED) is 0.860. The highest BCUT2D eigenvalue weighted by atomic mass is 32.2. The van der Waals surface area contributed by atoms with E-state index >= 15 is 0 Å². The molecule has 1 fully saturated rings. The summed E-state index contributed by atoms with van der Waals surface area (Å²) in [6.07, 6.45) is 3.86. The van der Waals surface area contributed by atoms with E-state index in [1.54, 1.807) is 0 Å². The molecule has 0 saturated heterocycles. The number of esters is 1. The van der Waals surface area contributed by atoms with Crippen molar-refractivity contribution in [3.63, 3.8) is 0 Å². The molecule has 0 aliphatic heterocycles. The van der Waals surface area contributed by atoms with Gasteiger partial charge in [-0.25, -0.2) is 27.1 Å². The van der Waals surface area contributed by atoms with Gasteiger partial charge in [0.2, 0.25) is 10.0 Å². The molecule has 0 unspecified atom stereocenters. The fourth-order valence-electron chi connectivity index (χ4n) is 2.38. The number of nitrogens with two attached hydrogens (primary N) is 1. The lowest BCUT2D eigenvalue weighted by atomic mass is 10.1. The van der Waals surface area contributed by atoms with E-state index in [0.717, 1.165) is 25.7 Å². The molecule has 1 aliphatic carbocycles. The lowest BCUT2D eigenvalue weighted by Crippen LogP contribution is -2.19. The van der Waals surface area contributed by atoms with Crippen LogP contribution < -0.4 is 5.14 Å². The third-order valence-electron chi connectivity index (χ3n) is 3.49. The highest BCUT2D eigenvalue weighted by Crippen LogP contribution is 2.26. The number of hydrogen-bond acceptors (Lipinski definition) is 4. The van der Waals surface area contributed by atoms with Crippen LogP contribution in [0.25, 0.3) is 0 Å². The third kappa shape index (κ3) is 3.56. The summed E-state index contributed by atoms with van der Waals surface area (Å²) in [6.45, 7) is 0.0668. The van der Waals surface area contributed by atoms with E-state index in [9.17, 15) is 22.0 Å². The summed E-state index contributed by atoms with van der Waals surface area (Å²) in [4.78, 5) is 10.9. The van der Waals surface area contributed by atoms with Crippen LogP contribution in [-0.4, -0.2) is 21.0 Å². The van der Waals surface area contributed by atoms with Crippen LogP contribution in [0, 0.1) is 17.6 Å². The third-order valence-corrected chi connectivity index (χ3v) is 4.42. The highest BCUT2D eigenvalue weighted by molar-refractivity contribution is 7.89. The molecule has 0 atom stereocenters. The van der Waals surface area contributed by atoms with E-state index < -0.39 is 38.1 Å². The van der Waals surface area contributed by atoms with Crippen molar-refractivity contribution in [1.29, 1.82) is 0 Å². The monoisotopic (exact) mass is 319 g/mol. The Morgan fingerprint density at radius 1 is 1.29 bits per heavy atom. The van der Waals surface area contributed by atoms with Crippen molar-refractivity contribution in [2.75, 3.05) is 6.61 Å². The molecule has 1 aliphatic rings. The molecule has 5 nitrogen and oxygen atoms in total. The first-order chi connectivity index (χ1) is 9.80. The van der Waals surface area contributed by atoms with Crippen LogP contribution >= 0.6 is 0 Å². The van der Waals surface area contributed by atoms with E-state index in [2.05, 4.69) is 0 Å². The summed E-state index contributed by atoms with van der Waals surface area (Å²) >= 11 is 0. The SMILES string of the molecule is NS(=O)(=O)c1ccc(F)c(C(=O)OCC2CCCC2)c1F. The van der Waals surface area contributed by atoms with Crippen LogP contribution in [-0.2, 0) is 14.8 Å². The summed E-state index contributed by atoms with van der Waals surface area (Å²) in [5.41, 5.74) is -1.03. The Hall–Kier alpha value is -1.54. The van der Waals surface area contributed by atoms with Gasteiger partial charge in [0.25, 0.3) is 0 Å². The number of rotatable bonds is 4. The van der Waals surface area contributed by atoms with Crippen LogP contribution in [0.2, 0.25) is 0 Å². The van der Waals surface area contributed by atoms with E-state index in [4.69, 9.17) is 9.88 Å². The first-order valence-corrected chi connectivity index (χ1v) is 8.03. The van der Waals surface area contributed by atoms with Crippen LogP contribution in [0.3, 0.4) is 0 Å². The van der Waals surface area contributed by atoms with Gasteiger partial charge in [-0.05, 0) is 30.9 Å². The number of carbonyl (C=O) groups is 1. The van der Waals surface area contributed by atoms with Gasteiger partial charge in [0, 0.05) is 0 Å². The van der Waals surface area contributed by atoms with Gasteiger partial charge in [-0.15, -0.1) is 0 Å². The fraction of sp³-hybridized carbons (Fsp3) is 0.462. The second-order valence-corrected chi connectivity index (χ2v) is 6.56. The van der Waals surface area contributed by atoms with Gasteiger partial charge in [-0.1, -0.05) is 12.8 Å². The van der Waals surface area contributed by atoms with E-state index in [1.807, 2.05) is 0 Å². The zero-order chi connectivity index (χ0) is 15.6. The molecule has 0 spiro atoms. The topological polar surface area (TPSA) is 86.5 Å². The van der Waals surface area contributed by atoms with E-state index in [0.29, 0.717) is 12.1 Å². The summed E-state index contributed by atoms with van der Waals surface area (Å²) < 4.78 is 54.8. The zero-order valence-electron chi connectivity index (χ0n) is 11.1. The average molecular weight is 319 g/mol. The number of primary sulfonamides is 1. The number of benzene rings is 1. The number of sulfonamides is 1. The van der Waals surface area contributed by atoms with E-state index in [1.165, 1.54) is 0 Å². The number of hydrogen-bond donors (Lipinski definition) is 1. The molecule has 0 heterocycles. The van der Waals surface area contributed by atoms with E-state index in [-0.39, 0.29) is 12.5 Å². The van der Waals surface area contributed by atoms with Gasteiger partial charge in [-0.2, -0.15) is 0 Å². The summed E-state index contributed by atoms with van der Waals surface area (Å²) in [6, 6.07) is 1.35. The lowest BCUT2D eigenvalue weighted by Gasteiger charge is -2.11. The average Bonchev–Trinajstić information content (AvgIpc) is 2.87. The van der Waals surface area contributed by atoms with Crippen LogP contribution in [0.1, 0.15) is 36.0 Å². The molecule has 8 heteroatoms. The van der Waals surface area contributed by atoms with Gasteiger partial charge >= 0.3 is 5.97 Å². The van der Waals surface area contributed by atoms with Gasteiger partial charge < -0.3 is 4.74 Å². The van der Waals surface area contributed by atoms with Gasteiger partial charge in [0.15, 0.2) is 5.82 Å². The van der Waals surface area contributed by atoms with Crippen LogP contribution in [0.15, 0.2) is 17.0 Å². The Morgan fingerprint density at radius 2 is 1.90 bits per heavy atom. The molecule has 116 valence electrons. The van der Waals surface area contributed by atoms with Gasteiger partial charge in [0.05, 0.1) is 6.61 Å². The van der Waals surface area contributed by atoms with Crippen molar-refractivity contribution < 1.29 is 26.7 Å². The molecule has 0 aromatic heterocycles. The van der Waals surface area contributed by atoms with Crippen molar-refractivity contribution in [2.45, 2.75) is 30.6 Å². The lowest BCUT2D eigenvalue weighted by molar-refractivity contribution is 0.0431. The molecule has 1 aromatic rings. The van der Waals surface area contributed by atoms with Crippen molar-refractivity contribution in [2.24, 2.45) is 11.1 Å². The molecule has 1 saturated carbocycles. The molecular weight excluding hydrogens is 304 g/mol. The Labute approximate surface area is 121 Å². The Balaban J connectivity index is 2.23. The minimum Gasteiger partial charge on any atom is -0.462 e. The molecular formula is C13H15F2NO4S. The van der Waals surface area contributed by atoms with Crippen molar-refractivity contribution >= 4 is 16.0 Å². The molecule has 0 radical (unpaired) electrons. The molecule has 21 heavy (non-hydrogen) atoms. The highest BCUT2D eigenvalue weighted by Gasteiger charge is 2.27. The fourth-order valence-corrected chi connectivity index (χ4v) is 2.99. The summed E-state index contributed by atoms with van der Waals surface area (Å²) in [7, 11) is -4.39. The molecule has 1 aromatic carbocycles. The molecule has 2 rings (SSSR count). The van der Waals surface area contributed by atoms with Crippen LogP contribution in [0.5, 0.6) is 0 Å². The zero-order valence-corrected chi connectivity index (χ0v) is 12.0. The maximum atomic E-state index is 14.0. The summed E-state index contributed by atoms with van der Waals surface area (Å²) in [5.74, 6) is -3.74. The van der Waals surface area contributed by atoms with Gasteiger partial charge in [-0.3, -0.25) is 0 Å². The maximum absolute atomic E-state index is 14.0. The predicted octanol–water partition coefficient (Wildman–Crippen LogP) is 1.96. The minimum absolute atomic E-state index is 0.0668. The second-order valence-electron chi connectivity index (χ2n) is 5.03. The van der Waals surface area contributed by atoms with Gasteiger partial charge in [0.1, 0.15) is 16.3 Å². The van der Waals surface area contributed by atoms with Crippen molar-refractivity contribution in [3.8, 4) is 0 Å². The second kappa shape index (κ2) is 6.07. The summed E-state index contributed by atoms with van der Waals surface area (Å²) in [5, 5.41) is 4.81. The van der Waals surface area contributed by atoms with Crippen molar-refractivity contribution in [1.82, 2.24) is 0 Å². The normalized spacial score (nSPS) is 16.1. The first-order valence-electron chi connectivity index (χ1n) is 6.48. The Kier molecular flexibility index (Phi) is 4.58. The Bertz CT molecular complexity index is 654. The molecule has 2 N–H and O–H groups in total. The molecule has 0 bridgehead atoms. The number of carbonyl (C=O) groups excluding carboxylic acids is 1. The largest absolute Gasteiger partial charge is 0.462 e. The standard InChI is InChI=1S/C13H15F2NO4S/c14-9-5-6-10(21(16,18)19)12(15)11(9)13(17)20-7-8-3-1-2-4-8/h5-6,8H,1-4,7H2,(H2,16,18,19). The maximum Gasteiger partial charge on any atom is 0.344 e. The first kappa shape index (κ1) is 15.8. The number of ether oxygens (including phenoxy) is 1. The van der Waals surface area contributed by atoms with Crippen molar-refractivity contribution in [3.05, 3.63) is 29.3 Å². The predicted molar refractivity (Wildman–Crippen MR) is 70.0 cm³/mol. The minimum atomic E-state index is -4.39. The Morgan fingerprint density at radius 3 is 2.48 bits per heavy atom.